The zero-order valence-electron chi connectivity index (χ0n) is 11.0. The maximum absolute atomic E-state index is 12.1. The molecule has 2 heterocycles. The Hall–Kier alpha value is -2.22. The van der Waals surface area contributed by atoms with Gasteiger partial charge in [0.1, 0.15) is 11.6 Å². The van der Waals surface area contributed by atoms with E-state index in [0.29, 0.717) is 5.13 Å². The minimum absolute atomic E-state index is 0.0816. The molecule has 2 aromatic rings. The van der Waals surface area contributed by atoms with Crippen molar-refractivity contribution in [1.82, 2.24) is 15.5 Å². The predicted octanol–water partition coefficient (Wildman–Crippen LogP) is 1.52. The number of carbonyl (C=O) groups is 2. The monoisotopic (exact) mass is 294 g/mol. The summed E-state index contributed by atoms with van der Waals surface area (Å²) >= 11 is 1.21. The van der Waals surface area contributed by atoms with Gasteiger partial charge in [0.05, 0.1) is 6.26 Å². The Bertz CT molecular complexity index is 566. The molecule has 0 aliphatic carbocycles. The maximum atomic E-state index is 12.1. The number of furan rings is 1. The standard InChI is InChI=1S/C12H14N4O3S/c1-7(2)9(11(18)15-12-16-13-6-20-12)14-10(17)8-4-3-5-19-8/h3-7,9H,1-2H3,(H,14,17)(H,15,16,18)/t9-/m0/s1. The number of nitrogens with zero attached hydrogens (tertiary/aromatic N) is 2. The number of nitrogens with one attached hydrogen (secondary N) is 2. The second kappa shape index (κ2) is 6.29. The van der Waals surface area contributed by atoms with Crippen LogP contribution in [0.2, 0.25) is 0 Å². The van der Waals surface area contributed by atoms with E-state index in [4.69, 9.17) is 4.42 Å². The smallest absolute Gasteiger partial charge is 0.287 e. The summed E-state index contributed by atoms with van der Waals surface area (Å²) in [6.45, 7) is 3.68. The van der Waals surface area contributed by atoms with Crippen molar-refractivity contribution in [2.24, 2.45) is 5.92 Å². The second-order valence-corrected chi connectivity index (χ2v) is 5.24. The Kier molecular flexibility index (Phi) is 4.46. The molecule has 1 atom stereocenters. The zero-order chi connectivity index (χ0) is 14.5. The summed E-state index contributed by atoms with van der Waals surface area (Å²) in [4.78, 5) is 24.1. The summed E-state index contributed by atoms with van der Waals surface area (Å²) in [6.07, 6.45) is 1.40. The first-order chi connectivity index (χ1) is 9.58. The van der Waals surface area contributed by atoms with Crippen LogP contribution in [0.3, 0.4) is 0 Å². The van der Waals surface area contributed by atoms with Gasteiger partial charge in [0.15, 0.2) is 5.76 Å². The van der Waals surface area contributed by atoms with Crippen molar-refractivity contribution in [2.75, 3.05) is 5.32 Å². The van der Waals surface area contributed by atoms with E-state index < -0.39 is 11.9 Å². The largest absolute Gasteiger partial charge is 0.459 e. The van der Waals surface area contributed by atoms with Crippen LogP contribution in [0.1, 0.15) is 24.4 Å². The van der Waals surface area contributed by atoms with Crippen LogP contribution in [-0.4, -0.2) is 28.1 Å². The molecule has 0 fully saturated rings. The van der Waals surface area contributed by atoms with Crippen LogP contribution < -0.4 is 10.6 Å². The van der Waals surface area contributed by atoms with Gasteiger partial charge in [-0.25, -0.2) is 0 Å². The molecule has 2 aromatic heterocycles. The third kappa shape index (κ3) is 3.41. The summed E-state index contributed by atoms with van der Waals surface area (Å²) in [5, 5.41) is 13.0. The SMILES string of the molecule is CC(C)[C@H](NC(=O)c1ccco1)C(=O)Nc1nncs1. The lowest BCUT2D eigenvalue weighted by molar-refractivity contribution is -0.118. The molecule has 0 saturated heterocycles. The minimum atomic E-state index is -0.684. The minimum Gasteiger partial charge on any atom is -0.459 e. The molecule has 20 heavy (non-hydrogen) atoms. The number of carbonyl (C=O) groups excluding carboxylic acids is 2. The van der Waals surface area contributed by atoms with Crippen molar-refractivity contribution >= 4 is 28.3 Å². The van der Waals surface area contributed by atoms with Gasteiger partial charge in [-0.15, -0.1) is 10.2 Å². The highest BCUT2D eigenvalue weighted by Crippen LogP contribution is 2.11. The van der Waals surface area contributed by atoms with Crippen molar-refractivity contribution in [3.8, 4) is 0 Å². The van der Waals surface area contributed by atoms with Crippen LogP contribution >= 0.6 is 11.3 Å². The van der Waals surface area contributed by atoms with Crippen LogP contribution in [0.25, 0.3) is 0 Å². The van der Waals surface area contributed by atoms with E-state index in [1.54, 1.807) is 6.07 Å². The van der Waals surface area contributed by atoms with Gasteiger partial charge < -0.3 is 9.73 Å². The highest BCUT2D eigenvalue weighted by atomic mass is 32.1. The number of hydrogen-bond donors (Lipinski definition) is 2. The Labute approximate surface area is 119 Å². The molecule has 0 aliphatic heterocycles. The molecule has 2 rings (SSSR count). The molecule has 0 radical (unpaired) electrons. The molecule has 2 N–H and O–H groups in total. The molecule has 0 aromatic carbocycles. The third-order valence-electron chi connectivity index (χ3n) is 2.57. The first-order valence-electron chi connectivity index (χ1n) is 5.99. The lowest BCUT2D eigenvalue weighted by Gasteiger charge is -2.20. The van der Waals surface area contributed by atoms with Crippen molar-refractivity contribution < 1.29 is 14.0 Å². The molecule has 0 unspecified atom stereocenters. The van der Waals surface area contributed by atoms with Gasteiger partial charge in [0, 0.05) is 0 Å². The van der Waals surface area contributed by atoms with Crippen LogP contribution in [0.4, 0.5) is 5.13 Å². The number of anilines is 1. The van der Waals surface area contributed by atoms with Gasteiger partial charge in [0.25, 0.3) is 5.91 Å². The average molecular weight is 294 g/mol. The lowest BCUT2D eigenvalue weighted by Crippen LogP contribution is -2.47. The fourth-order valence-corrected chi connectivity index (χ4v) is 2.01. The van der Waals surface area contributed by atoms with Crippen molar-refractivity contribution in [2.45, 2.75) is 19.9 Å². The highest BCUT2D eigenvalue weighted by Gasteiger charge is 2.26. The topological polar surface area (TPSA) is 97.1 Å². The first kappa shape index (κ1) is 14.2. The Morgan fingerprint density at radius 1 is 1.40 bits per heavy atom. The molecule has 8 heteroatoms. The molecule has 106 valence electrons. The van der Waals surface area contributed by atoms with E-state index in [1.807, 2.05) is 13.8 Å². The third-order valence-corrected chi connectivity index (χ3v) is 3.18. The fraction of sp³-hybridized carbons (Fsp3) is 0.333. The maximum Gasteiger partial charge on any atom is 0.287 e. The number of amides is 2. The number of aromatic nitrogens is 2. The molecule has 2 amide bonds. The molecule has 0 spiro atoms. The van der Waals surface area contributed by atoms with Gasteiger partial charge >= 0.3 is 0 Å². The Balaban J connectivity index is 2.03. The molecule has 0 bridgehead atoms. The van der Waals surface area contributed by atoms with Gasteiger partial charge in [-0.05, 0) is 18.1 Å². The Morgan fingerprint density at radius 2 is 2.20 bits per heavy atom. The van der Waals surface area contributed by atoms with Crippen molar-refractivity contribution in [1.29, 1.82) is 0 Å². The van der Waals surface area contributed by atoms with E-state index in [-0.39, 0.29) is 17.6 Å². The van der Waals surface area contributed by atoms with Crippen LogP contribution in [0.5, 0.6) is 0 Å². The van der Waals surface area contributed by atoms with E-state index in [1.165, 1.54) is 29.2 Å². The molecule has 0 aliphatic rings. The van der Waals surface area contributed by atoms with Crippen molar-refractivity contribution in [3.05, 3.63) is 29.7 Å². The molecule has 7 nitrogen and oxygen atoms in total. The summed E-state index contributed by atoms with van der Waals surface area (Å²) in [7, 11) is 0. The summed E-state index contributed by atoms with van der Waals surface area (Å²) in [5.41, 5.74) is 1.52. The summed E-state index contributed by atoms with van der Waals surface area (Å²) < 4.78 is 5.00. The zero-order valence-corrected chi connectivity index (χ0v) is 11.8. The normalized spacial score (nSPS) is 12.2. The fourth-order valence-electron chi connectivity index (χ4n) is 1.57. The number of rotatable bonds is 5. The number of hydrogen-bond acceptors (Lipinski definition) is 6. The van der Waals surface area contributed by atoms with E-state index in [0.717, 1.165) is 0 Å². The predicted molar refractivity (Wildman–Crippen MR) is 73.3 cm³/mol. The van der Waals surface area contributed by atoms with Crippen molar-refractivity contribution in [3.63, 3.8) is 0 Å². The van der Waals surface area contributed by atoms with E-state index in [2.05, 4.69) is 20.8 Å². The highest BCUT2D eigenvalue weighted by molar-refractivity contribution is 7.13. The quantitative estimate of drug-likeness (QED) is 0.871. The molecule has 0 saturated carbocycles. The van der Waals surface area contributed by atoms with E-state index in [9.17, 15) is 9.59 Å². The van der Waals surface area contributed by atoms with Gasteiger partial charge in [-0.3, -0.25) is 14.9 Å². The lowest BCUT2D eigenvalue weighted by atomic mass is 10.0. The van der Waals surface area contributed by atoms with Gasteiger partial charge in [0.2, 0.25) is 11.0 Å². The first-order valence-corrected chi connectivity index (χ1v) is 6.87. The molecular weight excluding hydrogens is 280 g/mol. The molecular formula is C12H14N4O3S. The van der Waals surface area contributed by atoms with Crippen LogP contribution in [0, 0.1) is 5.92 Å². The second-order valence-electron chi connectivity index (χ2n) is 4.41. The van der Waals surface area contributed by atoms with Crippen LogP contribution in [0.15, 0.2) is 28.3 Å². The Morgan fingerprint density at radius 3 is 2.75 bits per heavy atom. The summed E-state index contributed by atoms with van der Waals surface area (Å²) in [5.74, 6) is -0.682. The summed E-state index contributed by atoms with van der Waals surface area (Å²) in [6, 6.07) is 2.46. The van der Waals surface area contributed by atoms with Gasteiger partial charge in [-0.1, -0.05) is 25.2 Å². The van der Waals surface area contributed by atoms with E-state index >= 15 is 0 Å². The average Bonchev–Trinajstić information content (AvgIpc) is 3.07. The van der Waals surface area contributed by atoms with Crippen LogP contribution in [-0.2, 0) is 4.79 Å². The van der Waals surface area contributed by atoms with Gasteiger partial charge in [-0.2, -0.15) is 0 Å².